The summed E-state index contributed by atoms with van der Waals surface area (Å²) in [5, 5.41) is 3.45. The maximum absolute atomic E-state index is 5.72. The Morgan fingerprint density at radius 3 is 2.71 bits per heavy atom. The molecule has 2 nitrogen and oxygen atoms in total. The highest BCUT2D eigenvalue weighted by Crippen LogP contribution is 2.01. The fourth-order valence-electron chi connectivity index (χ4n) is 1.68. The molecule has 0 aliphatic heterocycles. The monoisotopic (exact) mass is 255 g/mol. The third-order valence-corrected chi connectivity index (χ3v) is 2.96. The predicted molar refractivity (Wildman–Crippen MR) is 73.5 cm³/mol. The van der Waals surface area contributed by atoms with Gasteiger partial charge in [-0.05, 0) is 18.4 Å². The Kier molecular flexibility index (Phi) is 8.06. The van der Waals surface area contributed by atoms with Gasteiger partial charge in [0.25, 0.3) is 0 Å². The number of hydrogen-bond acceptors (Lipinski definition) is 2. The molecule has 0 amide bonds. The molecule has 1 aromatic carbocycles. The molecule has 96 valence electrons. The van der Waals surface area contributed by atoms with E-state index in [-0.39, 0.29) is 0 Å². The lowest BCUT2D eigenvalue weighted by Gasteiger charge is -2.15. The van der Waals surface area contributed by atoms with Gasteiger partial charge in [-0.1, -0.05) is 37.3 Å². The third kappa shape index (κ3) is 6.67. The molecular formula is C14H22ClNO. The molecule has 0 saturated heterocycles. The molecule has 0 fully saturated rings. The third-order valence-electron chi connectivity index (χ3n) is 2.74. The van der Waals surface area contributed by atoms with E-state index < -0.39 is 0 Å². The van der Waals surface area contributed by atoms with Crippen molar-refractivity contribution in [1.29, 1.82) is 0 Å². The van der Waals surface area contributed by atoms with Crippen molar-refractivity contribution in [2.24, 2.45) is 0 Å². The Labute approximate surface area is 109 Å². The zero-order valence-electron chi connectivity index (χ0n) is 10.5. The van der Waals surface area contributed by atoms with E-state index in [4.69, 9.17) is 16.3 Å². The average Bonchev–Trinajstić information content (AvgIpc) is 2.38. The van der Waals surface area contributed by atoms with Crippen LogP contribution in [0.5, 0.6) is 0 Å². The quantitative estimate of drug-likeness (QED) is 0.541. The Morgan fingerprint density at radius 2 is 2.06 bits per heavy atom. The van der Waals surface area contributed by atoms with Crippen LogP contribution in [0.1, 0.15) is 25.3 Å². The second-order valence-electron chi connectivity index (χ2n) is 4.08. The first kappa shape index (κ1) is 14.5. The van der Waals surface area contributed by atoms with Crippen LogP contribution < -0.4 is 5.32 Å². The molecule has 0 saturated carbocycles. The molecule has 0 bridgehead atoms. The van der Waals surface area contributed by atoms with Gasteiger partial charge < -0.3 is 10.1 Å². The molecule has 0 heterocycles. The van der Waals surface area contributed by atoms with E-state index in [0.717, 1.165) is 31.9 Å². The summed E-state index contributed by atoms with van der Waals surface area (Å²) in [5.74, 6) is 0.719. The molecule has 0 aromatic heterocycles. The molecule has 1 N–H and O–H groups in total. The number of benzene rings is 1. The minimum atomic E-state index is 0.521. The number of ether oxygens (including phenoxy) is 1. The van der Waals surface area contributed by atoms with Gasteiger partial charge in [0.1, 0.15) is 0 Å². The highest BCUT2D eigenvalue weighted by molar-refractivity contribution is 6.17. The van der Waals surface area contributed by atoms with Crippen molar-refractivity contribution in [3.05, 3.63) is 35.9 Å². The average molecular weight is 256 g/mol. The first-order valence-electron chi connectivity index (χ1n) is 6.27. The van der Waals surface area contributed by atoms with Crippen molar-refractivity contribution in [1.82, 2.24) is 5.32 Å². The zero-order valence-corrected chi connectivity index (χ0v) is 11.2. The molecule has 0 aliphatic rings. The molecular weight excluding hydrogens is 234 g/mol. The van der Waals surface area contributed by atoms with E-state index in [1.165, 1.54) is 5.56 Å². The molecule has 0 spiro atoms. The molecule has 0 aliphatic carbocycles. The normalized spacial score (nSPS) is 12.6. The Balaban J connectivity index is 2.04. The van der Waals surface area contributed by atoms with Crippen molar-refractivity contribution in [2.75, 3.05) is 19.0 Å². The van der Waals surface area contributed by atoms with E-state index in [0.29, 0.717) is 12.6 Å². The summed E-state index contributed by atoms with van der Waals surface area (Å²) >= 11 is 5.72. The predicted octanol–water partition coefficient (Wildman–Crippen LogP) is 3.20. The SMILES string of the molecule is CCC(CCCl)NCCOCc1ccccc1. The van der Waals surface area contributed by atoms with Crippen LogP contribution in [0.15, 0.2) is 30.3 Å². The van der Waals surface area contributed by atoms with Crippen molar-refractivity contribution in [3.8, 4) is 0 Å². The molecule has 1 aromatic rings. The molecule has 1 rings (SSSR count). The second kappa shape index (κ2) is 9.46. The molecule has 17 heavy (non-hydrogen) atoms. The lowest BCUT2D eigenvalue weighted by Crippen LogP contribution is -2.31. The number of nitrogens with one attached hydrogen (secondary N) is 1. The van der Waals surface area contributed by atoms with Crippen LogP contribution in [0.3, 0.4) is 0 Å². The maximum atomic E-state index is 5.72. The summed E-state index contributed by atoms with van der Waals surface area (Å²) in [5.41, 5.74) is 1.22. The van der Waals surface area contributed by atoms with Crippen LogP contribution in [0.2, 0.25) is 0 Å². The van der Waals surface area contributed by atoms with E-state index >= 15 is 0 Å². The van der Waals surface area contributed by atoms with Crippen LogP contribution >= 0.6 is 11.6 Å². The summed E-state index contributed by atoms with van der Waals surface area (Å²) in [6.45, 7) is 4.50. The largest absolute Gasteiger partial charge is 0.375 e. The summed E-state index contributed by atoms with van der Waals surface area (Å²) in [6.07, 6.45) is 2.14. The van der Waals surface area contributed by atoms with Gasteiger partial charge in [-0.15, -0.1) is 11.6 Å². The number of halogens is 1. The number of alkyl halides is 1. The van der Waals surface area contributed by atoms with Crippen molar-refractivity contribution < 1.29 is 4.74 Å². The molecule has 1 atom stereocenters. The first-order valence-corrected chi connectivity index (χ1v) is 6.81. The topological polar surface area (TPSA) is 21.3 Å². The van der Waals surface area contributed by atoms with Crippen LogP contribution in [0.4, 0.5) is 0 Å². The van der Waals surface area contributed by atoms with Crippen molar-refractivity contribution in [2.45, 2.75) is 32.4 Å². The standard InChI is InChI=1S/C14H22ClNO/c1-2-14(8-9-15)16-10-11-17-12-13-6-4-3-5-7-13/h3-7,14,16H,2,8-12H2,1H3. The Hall–Kier alpha value is -0.570. The van der Waals surface area contributed by atoms with Gasteiger partial charge in [-0.2, -0.15) is 0 Å². The van der Waals surface area contributed by atoms with Crippen LogP contribution in [0.25, 0.3) is 0 Å². The Bertz CT molecular complexity index is 279. The summed E-state index contributed by atoms with van der Waals surface area (Å²) in [4.78, 5) is 0. The highest BCUT2D eigenvalue weighted by atomic mass is 35.5. The minimum Gasteiger partial charge on any atom is -0.375 e. The fraction of sp³-hybridized carbons (Fsp3) is 0.571. The lowest BCUT2D eigenvalue weighted by atomic mass is 10.2. The maximum Gasteiger partial charge on any atom is 0.0717 e. The van der Waals surface area contributed by atoms with Gasteiger partial charge in [0, 0.05) is 18.5 Å². The smallest absolute Gasteiger partial charge is 0.0717 e. The van der Waals surface area contributed by atoms with Gasteiger partial charge in [0.15, 0.2) is 0 Å². The van der Waals surface area contributed by atoms with Gasteiger partial charge in [-0.3, -0.25) is 0 Å². The first-order chi connectivity index (χ1) is 8.36. The van der Waals surface area contributed by atoms with E-state index in [1.807, 2.05) is 18.2 Å². The molecule has 1 unspecified atom stereocenters. The number of hydrogen-bond donors (Lipinski definition) is 1. The van der Waals surface area contributed by atoms with Crippen LogP contribution in [0, 0.1) is 0 Å². The van der Waals surface area contributed by atoms with Gasteiger partial charge in [0.05, 0.1) is 13.2 Å². The number of rotatable bonds is 9. The summed E-state index contributed by atoms with van der Waals surface area (Å²) in [6, 6.07) is 10.8. The van der Waals surface area contributed by atoms with Gasteiger partial charge in [-0.25, -0.2) is 0 Å². The van der Waals surface area contributed by atoms with E-state index in [2.05, 4.69) is 24.4 Å². The molecule has 3 heteroatoms. The van der Waals surface area contributed by atoms with Gasteiger partial charge in [0.2, 0.25) is 0 Å². The lowest BCUT2D eigenvalue weighted by molar-refractivity contribution is 0.120. The minimum absolute atomic E-state index is 0.521. The summed E-state index contributed by atoms with van der Waals surface area (Å²) < 4.78 is 5.60. The van der Waals surface area contributed by atoms with E-state index in [1.54, 1.807) is 0 Å². The van der Waals surface area contributed by atoms with E-state index in [9.17, 15) is 0 Å². The van der Waals surface area contributed by atoms with Crippen LogP contribution in [-0.4, -0.2) is 25.1 Å². The van der Waals surface area contributed by atoms with Crippen LogP contribution in [-0.2, 0) is 11.3 Å². The Morgan fingerprint density at radius 1 is 1.29 bits per heavy atom. The second-order valence-corrected chi connectivity index (χ2v) is 4.45. The summed E-state index contributed by atoms with van der Waals surface area (Å²) in [7, 11) is 0. The van der Waals surface area contributed by atoms with Crippen molar-refractivity contribution >= 4 is 11.6 Å². The molecule has 0 radical (unpaired) electrons. The highest BCUT2D eigenvalue weighted by Gasteiger charge is 2.03. The zero-order chi connectivity index (χ0) is 12.3. The van der Waals surface area contributed by atoms with Gasteiger partial charge >= 0.3 is 0 Å². The fourth-order valence-corrected chi connectivity index (χ4v) is 1.95. The van der Waals surface area contributed by atoms with Crippen molar-refractivity contribution in [3.63, 3.8) is 0 Å².